The van der Waals surface area contributed by atoms with E-state index in [-0.39, 0.29) is 5.78 Å². The molecular formula is C8H7NO2. The van der Waals surface area contributed by atoms with Crippen LogP contribution in [0.25, 0.3) is 0 Å². The average Bonchev–Trinajstić information content (AvgIpc) is 2.30. The summed E-state index contributed by atoms with van der Waals surface area (Å²) in [6.07, 6.45) is 5.16. The third kappa shape index (κ3) is 0.808. The van der Waals surface area contributed by atoms with Gasteiger partial charge in [0.25, 0.3) is 5.91 Å². The molecule has 0 aromatic rings. The van der Waals surface area contributed by atoms with E-state index in [9.17, 15) is 9.59 Å². The predicted octanol–water partition coefficient (Wildman–Crippen LogP) is 0.289. The normalized spacial score (nSPS) is 22.2. The van der Waals surface area contributed by atoms with Gasteiger partial charge in [-0.25, -0.2) is 0 Å². The van der Waals surface area contributed by atoms with Crippen LogP contribution in [0.15, 0.2) is 23.4 Å². The van der Waals surface area contributed by atoms with Gasteiger partial charge in [0.1, 0.15) is 0 Å². The fourth-order valence-electron chi connectivity index (χ4n) is 1.34. The number of carbonyl (C=O) groups is 2. The van der Waals surface area contributed by atoms with Gasteiger partial charge < -0.3 is 5.32 Å². The monoisotopic (exact) mass is 149 g/mol. The largest absolute Gasteiger partial charge is 0.322 e. The van der Waals surface area contributed by atoms with Crippen molar-refractivity contribution in [1.29, 1.82) is 0 Å². The Morgan fingerprint density at radius 3 is 2.64 bits per heavy atom. The second-order valence-electron chi connectivity index (χ2n) is 2.62. The van der Waals surface area contributed by atoms with E-state index in [1.54, 1.807) is 0 Å². The van der Waals surface area contributed by atoms with E-state index < -0.39 is 5.91 Å². The summed E-state index contributed by atoms with van der Waals surface area (Å²) in [7, 11) is 0. The lowest BCUT2D eigenvalue weighted by molar-refractivity contribution is -0.134. The zero-order valence-corrected chi connectivity index (χ0v) is 5.89. The minimum atomic E-state index is -0.473. The first-order chi connectivity index (χ1) is 5.29. The molecule has 1 aliphatic carbocycles. The van der Waals surface area contributed by atoms with Crippen molar-refractivity contribution < 1.29 is 9.59 Å². The van der Waals surface area contributed by atoms with Gasteiger partial charge in [-0.2, -0.15) is 0 Å². The highest BCUT2D eigenvalue weighted by atomic mass is 16.2. The standard InChI is InChI=1S/C8H7NO2/c10-7-5-3-1-2-4-6(5)9-8(7)11/h1-2H,3-4H2,(H,9,10,11). The second kappa shape index (κ2) is 2.05. The number of hydrogen-bond acceptors (Lipinski definition) is 2. The van der Waals surface area contributed by atoms with Gasteiger partial charge in [0.15, 0.2) is 0 Å². The van der Waals surface area contributed by atoms with Crippen molar-refractivity contribution in [1.82, 2.24) is 5.32 Å². The smallest absolute Gasteiger partial charge is 0.296 e. The zero-order chi connectivity index (χ0) is 7.84. The molecule has 0 aromatic heterocycles. The number of rotatable bonds is 0. The van der Waals surface area contributed by atoms with E-state index in [0.29, 0.717) is 18.4 Å². The third-order valence-corrected chi connectivity index (χ3v) is 1.92. The highest BCUT2D eigenvalue weighted by molar-refractivity contribution is 6.45. The highest BCUT2D eigenvalue weighted by Crippen LogP contribution is 2.22. The fourth-order valence-corrected chi connectivity index (χ4v) is 1.34. The molecule has 2 rings (SSSR count). The maximum atomic E-state index is 11.0. The van der Waals surface area contributed by atoms with Gasteiger partial charge >= 0.3 is 0 Å². The van der Waals surface area contributed by atoms with Gasteiger partial charge in [-0.15, -0.1) is 0 Å². The molecule has 0 atom stereocenters. The summed E-state index contributed by atoms with van der Waals surface area (Å²) in [4.78, 5) is 21.8. The van der Waals surface area contributed by atoms with Crippen LogP contribution in [0.1, 0.15) is 12.8 Å². The molecule has 3 heteroatoms. The molecule has 56 valence electrons. The van der Waals surface area contributed by atoms with Crippen molar-refractivity contribution in [3.8, 4) is 0 Å². The minimum Gasteiger partial charge on any atom is -0.322 e. The van der Waals surface area contributed by atoms with Crippen LogP contribution in [0.5, 0.6) is 0 Å². The Balaban J connectivity index is 2.36. The van der Waals surface area contributed by atoms with Crippen LogP contribution < -0.4 is 5.32 Å². The summed E-state index contributed by atoms with van der Waals surface area (Å²) >= 11 is 0. The van der Waals surface area contributed by atoms with Gasteiger partial charge in [-0.1, -0.05) is 12.2 Å². The number of nitrogens with one attached hydrogen (secondary N) is 1. The van der Waals surface area contributed by atoms with E-state index in [1.807, 2.05) is 12.2 Å². The predicted molar refractivity (Wildman–Crippen MR) is 38.5 cm³/mol. The van der Waals surface area contributed by atoms with Crippen LogP contribution in [-0.4, -0.2) is 11.7 Å². The number of allylic oxidation sites excluding steroid dienone is 2. The van der Waals surface area contributed by atoms with Crippen LogP contribution >= 0.6 is 0 Å². The molecule has 0 aromatic carbocycles. The van der Waals surface area contributed by atoms with Crippen molar-refractivity contribution in [2.24, 2.45) is 0 Å². The van der Waals surface area contributed by atoms with Crippen LogP contribution in [0.3, 0.4) is 0 Å². The van der Waals surface area contributed by atoms with Crippen LogP contribution in [0, 0.1) is 0 Å². The van der Waals surface area contributed by atoms with Crippen LogP contribution in [-0.2, 0) is 9.59 Å². The Labute approximate surface area is 63.8 Å². The minimum absolute atomic E-state index is 0.357. The summed E-state index contributed by atoms with van der Waals surface area (Å²) in [6, 6.07) is 0. The lowest BCUT2D eigenvalue weighted by Crippen LogP contribution is -2.20. The number of hydrogen-bond donors (Lipinski definition) is 1. The summed E-state index contributed by atoms with van der Waals surface area (Å²) in [6.45, 7) is 0. The molecule has 1 heterocycles. The lowest BCUT2D eigenvalue weighted by atomic mass is 10.0. The molecule has 1 amide bonds. The number of amides is 1. The number of carbonyl (C=O) groups excluding carboxylic acids is 2. The summed E-state index contributed by atoms with van der Waals surface area (Å²) in [5, 5.41) is 2.55. The molecule has 0 unspecified atom stereocenters. The van der Waals surface area contributed by atoms with Crippen molar-refractivity contribution >= 4 is 11.7 Å². The SMILES string of the molecule is O=C1NC2=C(CC=CC2)C1=O. The third-order valence-electron chi connectivity index (χ3n) is 1.92. The first-order valence-electron chi connectivity index (χ1n) is 3.52. The van der Waals surface area contributed by atoms with Gasteiger partial charge in [-0.3, -0.25) is 9.59 Å². The Morgan fingerprint density at radius 1 is 1.18 bits per heavy atom. The van der Waals surface area contributed by atoms with Gasteiger partial charge in [-0.05, 0) is 6.42 Å². The number of Topliss-reactive ketones (excluding diaryl/α,β-unsaturated/α-hetero) is 1. The van der Waals surface area contributed by atoms with E-state index >= 15 is 0 Å². The molecule has 0 saturated carbocycles. The Kier molecular flexibility index (Phi) is 1.18. The molecule has 0 fully saturated rings. The quantitative estimate of drug-likeness (QED) is 0.397. The van der Waals surface area contributed by atoms with Crippen LogP contribution in [0.4, 0.5) is 0 Å². The zero-order valence-electron chi connectivity index (χ0n) is 5.89. The first-order valence-corrected chi connectivity index (χ1v) is 3.52. The summed E-state index contributed by atoms with van der Waals surface area (Å²) in [5.74, 6) is -0.831. The van der Waals surface area contributed by atoms with Crippen molar-refractivity contribution in [3.05, 3.63) is 23.4 Å². The molecule has 1 aliphatic heterocycles. The Morgan fingerprint density at radius 2 is 1.91 bits per heavy atom. The molecule has 0 radical (unpaired) electrons. The molecular weight excluding hydrogens is 142 g/mol. The van der Waals surface area contributed by atoms with Crippen molar-refractivity contribution in [2.45, 2.75) is 12.8 Å². The van der Waals surface area contributed by atoms with E-state index in [1.165, 1.54) is 0 Å². The van der Waals surface area contributed by atoms with Crippen molar-refractivity contribution in [3.63, 3.8) is 0 Å². The molecule has 0 bridgehead atoms. The molecule has 1 N–H and O–H groups in total. The first kappa shape index (κ1) is 6.34. The summed E-state index contributed by atoms with van der Waals surface area (Å²) in [5.41, 5.74) is 1.44. The van der Waals surface area contributed by atoms with E-state index in [0.717, 1.165) is 5.70 Å². The molecule has 0 saturated heterocycles. The van der Waals surface area contributed by atoms with E-state index in [4.69, 9.17) is 0 Å². The molecule has 11 heavy (non-hydrogen) atoms. The molecule has 0 spiro atoms. The lowest BCUT2D eigenvalue weighted by Gasteiger charge is -2.04. The maximum Gasteiger partial charge on any atom is 0.296 e. The molecule has 2 aliphatic rings. The van der Waals surface area contributed by atoms with Gasteiger partial charge in [0.2, 0.25) is 5.78 Å². The van der Waals surface area contributed by atoms with E-state index in [2.05, 4.69) is 5.32 Å². The second-order valence-corrected chi connectivity index (χ2v) is 2.62. The van der Waals surface area contributed by atoms with Crippen molar-refractivity contribution in [2.75, 3.05) is 0 Å². The maximum absolute atomic E-state index is 11.0. The highest BCUT2D eigenvalue weighted by Gasteiger charge is 2.30. The van der Waals surface area contributed by atoms with Crippen LogP contribution in [0.2, 0.25) is 0 Å². The summed E-state index contributed by atoms with van der Waals surface area (Å²) < 4.78 is 0. The molecule has 3 nitrogen and oxygen atoms in total. The number of ketones is 1. The Hall–Kier alpha value is -1.38. The average molecular weight is 149 g/mol. The fraction of sp³-hybridized carbons (Fsp3) is 0.250. The topological polar surface area (TPSA) is 46.2 Å². The van der Waals surface area contributed by atoms with Gasteiger partial charge in [0, 0.05) is 17.7 Å². The van der Waals surface area contributed by atoms with Gasteiger partial charge in [0.05, 0.1) is 0 Å². The Bertz CT molecular complexity index is 299.